The van der Waals surface area contributed by atoms with Crippen molar-refractivity contribution in [3.8, 4) is 5.75 Å². The Morgan fingerprint density at radius 3 is 2.84 bits per heavy atom. The molecule has 0 aliphatic carbocycles. The molecule has 1 saturated heterocycles. The van der Waals surface area contributed by atoms with Gasteiger partial charge in [-0.05, 0) is 44.5 Å². The number of nitrogens with zero attached hydrogens (tertiary/aromatic N) is 4. The van der Waals surface area contributed by atoms with Crippen molar-refractivity contribution in [3.05, 3.63) is 42.2 Å². The molecule has 0 saturated carbocycles. The second-order valence-corrected chi connectivity index (χ2v) is 6.31. The largest absolute Gasteiger partial charge is 0.494 e. The Morgan fingerprint density at radius 1 is 1.32 bits per heavy atom. The van der Waals surface area contributed by atoms with Gasteiger partial charge in [0.2, 0.25) is 0 Å². The summed E-state index contributed by atoms with van der Waals surface area (Å²) in [6, 6.07) is 10.0. The van der Waals surface area contributed by atoms with Crippen molar-refractivity contribution >= 4 is 5.91 Å². The first-order valence-corrected chi connectivity index (χ1v) is 8.80. The number of rotatable bonds is 7. The zero-order valence-corrected chi connectivity index (χ0v) is 14.6. The van der Waals surface area contributed by atoms with Gasteiger partial charge in [0.1, 0.15) is 5.75 Å². The summed E-state index contributed by atoms with van der Waals surface area (Å²) in [4.78, 5) is 14.1. The quantitative estimate of drug-likeness (QED) is 0.776. The molecule has 1 N–H and O–H groups in total. The van der Waals surface area contributed by atoms with E-state index in [2.05, 4.69) is 15.6 Å². The molecule has 7 nitrogen and oxygen atoms in total. The molecule has 1 aliphatic rings. The maximum absolute atomic E-state index is 12.5. The number of carbonyl (C=O) groups excluding carboxylic acids is 1. The Bertz CT molecular complexity index is 667. The fraction of sp³-hybridized carbons (Fsp3) is 0.500. The second-order valence-electron chi connectivity index (χ2n) is 6.31. The highest BCUT2D eigenvalue weighted by Crippen LogP contribution is 2.17. The Hall–Kier alpha value is -2.41. The molecule has 1 aliphatic heterocycles. The Kier molecular flexibility index (Phi) is 6.00. The molecule has 1 amide bonds. The molecular weight excluding hydrogens is 318 g/mol. The number of carbonyl (C=O) groups is 1. The molecule has 1 aromatic heterocycles. The van der Waals surface area contributed by atoms with E-state index < -0.39 is 0 Å². The molecule has 2 heterocycles. The average Bonchev–Trinajstić information content (AvgIpc) is 3.16. The van der Waals surface area contributed by atoms with Gasteiger partial charge in [-0.2, -0.15) is 0 Å². The van der Waals surface area contributed by atoms with Gasteiger partial charge in [-0.1, -0.05) is 23.4 Å². The minimum atomic E-state index is -0.0973. The first-order chi connectivity index (χ1) is 12.2. The standard InChI is InChI=1S/C18H25N5O2/c1-22(12-5-13-25-16-6-3-2-4-7-16)18(24)17-14-23(21-20-17)15-8-10-19-11-9-15/h2-4,6-7,14-15,19H,5,8-13H2,1H3. The van der Waals surface area contributed by atoms with E-state index in [1.165, 1.54) is 0 Å². The number of para-hydroxylation sites is 1. The number of amides is 1. The van der Waals surface area contributed by atoms with Crippen LogP contribution in [0, 0.1) is 0 Å². The number of benzene rings is 1. The third-order valence-electron chi connectivity index (χ3n) is 4.41. The molecule has 3 rings (SSSR count). The van der Waals surface area contributed by atoms with E-state index in [-0.39, 0.29) is 5.91 Å². The van der Waals surface area contributed by atoms with Crippen LogP contribution in [0.3, 0.4) is 0 Å². The van der Waals surface area contributed by atoms with Crippen LogP contribution in [0.25, 0.3) is 0 Å². The van der Waals surface area contributed by atoms with E-state index in [0.29, 0.717) is 24.9 Å². The van der Waals surface area contributed by atoms with Gasteiger partial charge in [0.15, 0.2) is 5.69 Å². The lowest BCUT2D eigenvalue weighted by atomic mass is 10.1. The third kappa shape index (κ3) is 4.79. The highest BCUT2D eigenvalue weighted by molar-refractivity contribution is 5.91. The summed E-state index contributed by atoms with van der Waals surface area (Å²) in [5.41, 5.74) is 0.407. The van der Waals surface area contributed by atoms with Gasteiger partial charge in [-0.3, -0.25) is 4.79 Å². The monoisotopic (exact) mass is 343 g/mol. The molecule has 134 valence electrons. The van der Waals surface area contributed by atoms with Crippen LogP contribution < -0.4 is 10.1 Å². The summed E-state index contributed by atoms with van der Waals surface area (Å²) >= 11 is 0. The highest BCUT2D eigenvalue weighted by atomic mass is 16.5. The van der Waals surface area contributed by atoms with Crippen molar-refractivity contribution in [2.45, 2.75) is 25.3 Å². The third-order valence-corrected chi connectivity index (χ3v) is 4.41. The Balaban J connectivity index is 1.44. The normalized spacial score (nSPS) is 15.1. The molecule has 0 spiro atoms. The lowest BCUT2D eigenvalue weighted by molar-refractivity contribution is 0.0782. The number of nitrogens with one attached hydrogen (secondary N) is 1. The Labute approximate surface area is 148 Å². The van der Waals surface area contributed by atoms with Crippen LogP contribution in [0.4, 0.5) is 0 Å². The van der Waals surface area contributed by atoms with E-state index in [4.69, 9.17) is 4.74 Å². The van der Waals surface area contributed by atoms with Crippen molar-refractivity contribution in [2.24, 2.45) is 0 Å². The van der Waals surface area contributed by atoms with E-state index in [1.807, 2.05) is 35.0 Å². The highest BCUT2D eigenvalue weighted by Gasteiger charge is 2.20. The molecule has 0 atom stereocenters. The maximum atomic E-state index is 12.5. The number of ether oxygens (including phenoxy) is 1. The molecule has 25 heavy (non-hydrogen) atoms. The zero-order valence-electron chi connectivity index (χ0n) is 14.6. The van der Waals surface area contributed by atoms with E-state index in [9.17, 15) is 4.79 Å². The molecule has 0 unspecified atom stereocenters. The van der Waals surface area contributed by atoms with Gasteiger partial charge in [-0.15, -0.1) is 5.10 Å². The molecule has 2 aromatic rings. The van der Waals surface area contributed by atoms with Crippen LogP contribution in [0.15, 0.2) is 36.5 Å². The summed E-state index contributed by atoms with van der Waals surface area (Å²) in [5, 5.41) is 11.5. The number of hydrogen-bond acceptors (Lipinski definition) is 5. The summed E-state index contributed by atoms with van der Waals surface area (Å²) in [7, 11) is 1.79. The number of hydrogen-bond donors (Lipinski definition) is 1. The van der Waals surface area contributed by atoms with Crippen molar-refractivity contribution in [1.82, 2.24) is 25.2 Å². The zero-order chi connectivity index (χ0) is 17.5. The molecule has 0 bridgehead atoms. The predicted molar refractivity (Wildman–Crippen MR) is 94.7 cm³/mol. The maximum Gasteiger partial charge on any atom is 0.275 e. The van der Waals surface area contributed by atoms with Gasteiger partial charge in [0.25, 0.3) is 5.91 Å². The van der Waals surface area contributed by atoms with Gasteiger partial charge in [0, 0.05) is 13.6 Å². The van der Waals surface area contributed by atoms with E-state index in [1.54, 1.807) is 18.1 Å². The Morgan fingerprint density at radius 2 is 2.08 bits per heavy atom. The van der Waals surface area contributed by atoms with Crippen LogP contribution in [0.5, 0.6) is 5.75 Å². The number of aromatic nitrogens is 3. The fourth-order valence-corrected chi connectivity index (χ4v) is 2.93. The van der Waals surface area contributed by atoms with E-state index >= 15 is 0 Å². The fourth-order valence-electron chi connectivity index (χ4n) is 2.93. The van der Waals surface area contributed by atoms with Gasteiger partial charge < -0.3 is 15.0 Å². The molecule has 1 fully saturated rings. The summed E-state index contributed by atoms with van der Waals surface area (Å²) < 4.78 is 7.48. The van der Waals surface area contributed by atoms with Crippen molar-refractivity contribution in [2.75, 3.05) is 33.3 Å². The lowest BCUT2D eigenvalue weighted by Crippen LogP contribution is -2.30. The average molecular weight is 343 g/mol. The molecule has 0 radical (unpaired) electrons. The SMILES string of the molecule is CN(CCCOc1ccccc1)C(=O)c1cn(C2CCNCC2)nn1. The summed E-state index contributed by atoms with van der Waals surface area (Å²) in [6.07, 6.45) is 4.57. The predicted octanol–water partition coefficient (Wildman–Crippen LogP) is 1.74. The first kappa shape index (κ1) is 17.4. The lowest BCUT2D eigenvalue weighted by Gasteiger charge is -2.22. The number of piperidine rings is 1. The van der Waals surface area contributed by atoms with Crippen LogP contribution in [-0.4, -0.2) is 59.1 Å². The molecule has 1 aromatic carbocycles. The van der Waals surface area contributed by atoms with Gasteiger partial charge in [0.05, 0.1) is 18.8 Å². The molecule has 7 heteroatoms. The van der Waals surface area contributed by atoms with Crippen LogP contribution >= 0.6 is 0 Å². The van der Waals surface area contributed by atoms with Gasteiger partial charge >= 0.3 is 0 Å². The topological polar surface area (TPSA) is 72.3 Å². The van der Waals surface area contributed by atoms with Crippen molar-refractivity contribution < 1.29 is 9.53 Å². The minimum Gasteiger partial charge on any atom is -0.494 e. The van der Waals surface area contributed by atoms with E-state index in [0.717, 1.165) is 38.1 Å². The molecular formula is C18H25N5O2. The van der Waals surface area contributed by atoms with Crippen LogP contribution in [0.2, 0.25) is 0 Å². The minimum absolute atomic E-state index is 0.0973. The smallest absolute Gasteiger partial charge is 0.275 e. The first-order valence-electron chi connectivity index (χ1n) is 8.80. The second kappa shape index (κ2) is 8.62. The van der Waals surface area contributed by atoms with Crippen molar-refractivity contribution in [3.63, 3.8) is 0 Å². The summed E-state index contributed by atoms with van der Waals surface area (Å²) in [5.74, 6) is 0.751. The van der Waals surface area contributed by atoms with Crippen LogP contribution in [0.1, 0.15) is 35.8 Å². The van der Waals surface area contributed by atoms with Crippen molar-refractivity contribution in [1.29, 1.82) is 0 Å². The summed E-state index contributed by atoms with van der Waals surface area (Å²) in [6.45, 7) is 3.15. The van der Waals surface area contributed by atoms with Crippen LogP contribution in [-0.2, 0) is 0 Å². The van der Waals surface area contributed by atoms with Gasteiger partial charge in [-0.25, -0.2) is 4.68 Å².